The number of hydrogen-bond acceptors (Lipinski definition) is 6. The van der Waals surface area contributed by atoms with Crippen molar-refractivity contribution in [2.24, 2.45) is 17.6 Å². The van der Waals surface area contributed by atoms with Gasteiger partial charge >= 0.3 is 11.9 Å². The summed E-state index contributed by atoms with van der Waals surface area (Å²) in [7, 11) is 0. The number of ether oxygens (including phenoxy) is 2. The van der Waals surface area contributed by atoms with Crippen molar-refractivity contribution in [2.75, 3.05) is 13.2 Å². The van der Waals surface area contributed by atoms with Crippen LogP contribution >= 0.6 is 0 Å². The van der Waals surface area contributed by atoms with E-state index in [1.807, 2.05) is 74.5 Å². The highest BCUT2D eigenvalue weighted by atomic mass is 16.5. The molecule has 0 amide bonds. The standard InChI is InChI=1S/C20H25NO2.C20H22O3/c2*1-3-23-20(22)15(2)13-19(21)14-16-9-11-18(12-10-16)17-7-5-4-6-8-17/h4-12,15,19H,3,13-14,21H2,1-2H3;4-12,15H,3,13-14H2,1-2H3/t15-,19+;15-/m11/s1. The van der Waals surface area contributed by atoms with Gasteiger partial charge in [0.25, 0.3) is 0 Å². The quantitative estimate of drug-likeness (QED) is 0.144. The molecule has 0 aliphatic heterocycles. The monoisotopic (exact) mass is 621 g/mol. The second-order valence-electron chi connectivity index (χ2n) is 11.6. The predicted octanol–water partition coefficient (Wildman–Crippen LogP) is 7.87. The number of ketones is 1. The Kier molecular flexibility index (Phi) is 14.9. The summed E-state index contributed by atoms with van der Waals surface area (Å²) in [6.45, 7) is 7.95. The summed E-state index contributed by atoms with van der Waals surface area (Å²) in [5, 5.41) is 0. The number of Topliss-reactive ketones (excluding diaryl/α,β-unsaturated/α-hetero) is 1. The van der Waals surface area contributed by atoms with Crippen molar-refractivity contribution in [3.8, 4) is 22.3 Å². The number of rotatable bonds is 14. The zero-order valence-electron chi connectivity index (χ0n) is 27.5. The molecule has 0 fully saturated rings. The predicted molar refractivity (Wildman–Crippen MR) is 185 cm³/mol. The smallest absolute Gasteiger partial charge is 0.309 e. The minimum atomic E-state index is -0.383. The lowest BCUT2D eigenvalue weighted by molar-refractivity contribution is -0.149. The Hall–Kier alpha value is -4.55. The Labute approximate surface area is 273 Å². The van der Waals surface area contributed by atoms with Crippen molar-refractivity contribution < 1.29 is 23.9 Å². The van der Waals surface area contributed by atoms with Gasteiger partial charge in [0, 0.05) is 18.9 Å². The maximum absolute atomic E-state index is 12.1. The van der Waals surface area contributed by atoms with Crippen LogP contribution in [0.25, 0.3) is 22.3 Å². The Morgan fingerprint density at radius 3 is 1.46 bits per heavy atom. The lowest BCUT2D eigenvalue weighted by atomic mass is 9.95. The van der Waals surface area contributed by atoms with E-state index in [-0.39, 0.29) is 42.0 Å². The van der Waals surface area contributed by atoms with Gasteiger partial charge in [-0.25, -0.2) is 0 Å². The van der Waals surface area contributed by atoms with Crippen LogP contribution in [0.1, 0.15) is 51.7 Å². The SMILES string of the molecule is CCOC(=O)[C@H](C)CC(=O)Cc1ccc(-c2ccccc2)cc1.CCOC(=O)[C@H](C)C[C@H](N)Cc1ccc(-c2ccccc2)cc1. The van der Waals surface area contributed by atoms with E-state index >= 15 is 0 Å². The Morgan fingerprint density at radius 1 is 0.587 bits per heavy atom. The van der Waals surface area contributed by atoms with E-state index in [1.165, 1.54) is 16.7 Å². The van der Waals surface area contributed by atoms with Crippen LogP contribution in [0, 0.1) is 11.8 Å². The lowest BCUT2D eigenvalue weighted by Gasteiger charge is -2.16. The van der Waals surface area contributed by atoms with Crippen LogP contribution in [0.3, 0.4) is 0 Å². The molecular formula is C40H47NO5. The van der Waals surface area contributed by atoms with Crippen molar-refractivity contribution in [3.63, 3.8) is 0 Å². The van der Waals surface area contributed by atoms with Gasteiger partial charge in [-0.3, -0.25) is 14.4 Å². The van der Waals surface area contributed by atoms with Crippen molar-refractivity contribution in [1.29, 1.82) is 0 Å². The zero-order chi connectivity index (χ0) is 33.3. The number of nitrogens with two attached hydrogens (primary N) is 1. The molecule has 4 aromatic rings. The van der Waals surface area contributed by atoms with E-state index in [2.05, 4.69) is 48.5 Å². The first-order chi connectivity index (χ1) is 22.2. The van der Waals surface area contributed by atoms with Gasteiger partial charge in [0.2, 0.25) is 0 Å². The Morgan fingerprint density at radius 2 is 1.00 bits per heavy atom. The van der Waals surface area contributed by atoms with E-state index in [4.69, 9.17) is 15.2 Å². The minimum absolute atomic E-state index is 0.0445. The van der Waals surface area contributed by atoms with Gasteiger partial charge in [0.05, 0.1) is 25.0 Å². The number of benzene rings is 4. The molecule has 46 heavy (non-hydrogen) atoms. The first-order valence-corrected chi connectivity index (χ1v) is 16.1. The summed E-state index contributed by atoms with van der Waals surface area (Å²) in [4.78, 5) is 35.3. The fraction of sp³-hybridized carbons (Fsp3) is 0.325. The van der Waals surface area contributed by atoms with Gasteiger partial charge in [-0.2, -0.15) is 0 Å². The van der Waals surface area contributed by atoms with Crippen LogP contribution in [0.5, 0.6) is 0 Å². The fourth-order valence-electron chi connectivity index (χ4n) is 5.14. The molecule has 0 unspecified atom stereocenters. The second kappa shape index (κ2) is 19.1. The largest absolute Gasteiger partial charge is 0.466 e. The summed E-state index contributed by atoms with van der Waals surface area (Å²) in [5.41, 5.74) is 13.0. The molecule has 242 valence electrons. The molecule has 4 rings (SSSR count). The Balaban J connectivity index is 0.000000250. The van der Waals surface area contributed by atoms with Crippen molar-refractivity contribution >= 4 is 17.7 Å². The highest BCUT2D eigenvalue weighted by molar-refractivity contribution is 5.86. The van der Waals surface area contributed by atoms with E-state index in [1.54, 1.807) is 13.8 Å². The normalized spacial score (nSPS) is 12.5. The maximum atomic E-state index is 12.1. The minimum Gasteiger partial charge on any atom is -0.466 e. The second-order valence-corrected chi connectivity index (χ2v) is 11.6. The Bertz CT molecular complexity index is 1480. The average molecular weight is 622 g/mol. The van der Waals surface area contributed by atoms with E-state index < -0.39 is 0 Å². The van der Waals surface area contributed by atoms with Gasteiger partial charge in [0.15, 0.2) is 0 Å². The van der Waals surface area contributed by atoms with E-state index in [0.29, 0.717) is 26.1 Å². The third kappa shape index (κ3) is 12.1. The fourth-order valence-corrected chi connectivity index (χ4v) is 5.14. The molecule has 6 heteroatoms. The molecule has 0 saturated heterocycles. The highest BCUT2D eigenvalue weighted by Crippen LogP contribution is 2.21. The van der Waals surface area contributed by atoms with Crippen LogP contribution in [-0.4, -0.2) is 37.0 Å². The summed E-state index contributed by atoms with van der Waals surface area (Å²) in [5.74, 6) is -0.958. The third-order valence-electron chi connectivity index (χ3n) is 7.59. The number of carbonyl (C=O) groups is 3. The molecular weight excluding hydrogens is 574 g/mol. The van der Waals surface area contributed by atoms with Gasteiger partial charge in [-0.15, -0.1) is 0 Å². The first kappa shape index (κ1) is 35.9. The van der Waals surface area contributed by atoms with Crippen molar-refractivity contribution in [1.82, 2.24) is 0 Å². The number of esters is 2. The van der Waals surface area contributed by atoms with E-state index in [9.17, 15) is 14.4 Å². The molecule has 0 bridgehead atoms. The molecule has 0 aromatic heterocycles. The topological polar surface area (TPSA) is 95.7 Å². The zero-order valence-corrected chi connectivity index (χ0v) is 27.5. The van der Waals surface area contributed by atoms with Crippen LogP contribution in [-0.2, 0) is 36.7 Å². The van der Waals surface area contributed by atoms with Gasteiger partial charge < -0.3 is 15.2 Å². The molecule has 0 spiro atoms. The molecule has 0 saturated carbocycles. The summed E-state index contributed by atoms with van der Waals surface area (Å²) in [6.07, 6.45) is 1.97. The van der Waals surface area contributed by atoms with Crippen LogP contribution in [0.2, 0.25) is 0 Å². The average Bonchev–Trinajstić information content (AvgIpc) is 3.06. The molecule has 0 radical (unpaired) electrons. The first-order valence-electron chi connectivity index (χ1n) is 16.1. The van der Waals surface area contributed by atoms with Crippen LogP contribution in [0.4, 0.5) is 0 Å². The van der Waals surface area contributed by atoms with Gasteiger partial charge in [0.1, 0.15) is 5.78 Å². The third-order valence-corrected chi connectivity index (χ3v) is 7.59. The summed E-state index contributed by atoms with van der Waals surface area (Å²) < 4.78 is 9.95. The molecule has 3 atom stereocenters. The molecule has 0 aliphatic rings. The number of carbonyl (C=O) groups excluding carboxylic acids is 3. The summed E-state index contributed by atoms with van der Waals surface area (Å²) in [6, 6.07) is 36.8. The molecule has 6 nitrogen and oxygen atoms in total. The molecule has 2 N–H and O–H groups in total. The van der Waals surface area contributed by atoms with Gasteiger partial charge in [-0.1, -0.05) is 123 Å². The van der Waals surface area contributed by atoms with Crippen molar-refractivity contribution in [2.45, 2.75) is 59.4 Å². The van der Waals surface area contributed by atoms with Crippen molar-refractivity contribution in [3.05, 3.63) is 120 Å². The molecule has 0 heterocycles. The van der Waals surface area contributed by atoms with E-state index in [0.717, 1.165) is 23.1 Å². The number of hydrogen-bond donors (Lipinski definition) is 1. The lowest BCUT2D eigenvalue weighted by Crippen LogP contribution is -2.29. The highest BCUT2D eigenvalue weighted by Gasteiger charge is 2.19. The molecule has 0 aliphatic carbocycles. The van der Waals surface area contributed by atoms with Crippen LogP contribution in [0.15, 0.2) is 109 Å². The van der Waals surface area contributed by atoms with Gasteiger partial charge in [-0.05, 0) is 60.1 Å². The summed E-state index contributed by atoms with van der Waals surface area (Å²) >= 11 is 0. The van der Waals surface area contributed by atoms with Crippen LogP contribution < -0.4 is 5.73 Å². The molecule has 4 aromatic carbocycles. The maximum Gasteiger partial charge on any atom is 0.309 e.